The van der Waals surface area contributed by atoms with E-state index in [1.807, 2.05) is 0 Å². The molecule has 1 aromatic heterocycles. The molecule has 0 aromatic carbocycles. The Kier molecular flexibility index (Phi) is 1.96. The van der Waals surface area contributed by atoms with E-state index in [2.05, 4.69) is 25.9 Å². The predicted molar refractivity (Wildman–Crippen MR) is 36.7 cm³/mol. The number of rotatable bonds is 1. The van der Waals surface area contributed by atoms with E-state index < -0.39 is 5.97 Å². The van der Waals surface area contributed by atoms with Gasteiger partial charge in [-0.2, -0.15) is 0 Å². The lowest BCUT2D eigenvalue weighted by Gasteiger charge is -1.90. The van der Waals surface area contributed by atoms with Crippen molar-refractivity contribution in [2.75, 3.05) is 0 Å². The average molecular weight is 203 g/mol. The highest BCUT2D eigenvalue weighted by Crippen LogP contribution is 2.01. The smallest absolute Gasteiger partial charge is 0.356 e. The predicted octanol–water partition coefficient (Wildman–Crippen LogP) is 0.937. The van der Waals surface area contributed by atoms with Crippen molar-refractivity contribution in [1.82, 2.24) is 9.97 Å². The van der Waals surface area contributed by atoms with Gasteiger partial charge in [-0.3, -0.25) is 0 Å². The van der Waals surface area contributed by atoms with Gasteiger partial charge in [0, 0.05) is 0 Å². The molecule has 52 valence electrons. The van der Waals surface area contributed by atoms with Gasteiger partial charge in [-0.05, 0) is 15.9 Å². The highest BCUT2D eigenvalue weighted by molar-refractivity contribution is 9.10. The molecule has 0 aliphatic carbocycles. The summed E-state index contributed by atoms with van der Waals surface area (Å²) >= 11 is 3.03. The fraction of sp³-hybridized carbons (Fsp3) is 0. The minimum absolute atomic E-state index is 0.0526. The molecule has 0 aliphatic rings. The van der Waals surface area contributed by atoms with Gasteiger partial charge in [0.05, 0.1) is 12.4 Å². The van der Waals surface area contributed by atoms with Crippen molar-refractivity contribution >= 4 is 21.9 Å². The number of aromatic nitrogens is 2. The molecule has 4 nitrogen and oxygen atoms in total. The Labute approximate surface area is 65.1 Å². The third-order valence-corrected chi connectivity index (χ3v) is 1.25. The number of carboxylic acids is 1. The maximum atomic E-state index is 10.2. The van der Waals surface area contributed by atoms with Crippen LogP contribution >= 0.6 is 15.9 Å². The topological polar surface area (TPSA) is 63.1 Å². The van der Waals surface area contributed by atoms with Crippen molar-refractivity contribution in [1.29, 1.82) is 0 Å². The highest BCUT2D eigenvalue weighted by Gasteiger charge is 2.02. The van der Waals surface area contributed by atoms with Crippen LogP contribution in [0.1, 0.15) is 10.5 Å². The molecule has 0 bridgehead atoms. The Balaban J connectivity index is 3.00. The van der Waals surface area contributed by atoms with Gasteiger partial charge >= 0.3 is 5.97 Å². The lowest BCUT2D eigenvalue weighted by molar-refractivity contribution is 0.0690. The summed E-state index contributed by atoms with van der Waals surface area (Å²) in [6.07, 6.45) is 2.52. The van der Waals surface area contributed by atoms with E-state index in [0.717, 1.165) is 0 Å². The third-order valence-electron chi connectivity index (χ3n) is 0.839. The second kappa shape index (κ2) is 2.74. The van der Waals surface area contributed by atoms with Gasteiger partial charge in [0.15, 0.2) is 5.69 Å². The lowest BCUT2D eigenvalue weighted by Crippen LogP contribution is -1.99. The molecule has 1 heterocycles. The zero-order valence-electron chi connectivity index (χ0n) is 4.78. The first-order valence-electron chi connectivity index (χ1n) is 2.41. The average Bonchev–Trinajstić information content (AvgIpc) is 1.88. The number of aromatic carboxylic acids is 1. The van der Waals surface area contributed by atoms with Gasteiger partial charge in [-0.1, -0.05) is 0 Å². The van der Waals surface area contributed by atoms with Crippen molar-refractivity contribution in [3.05, 3.63) is 22.7 Å². The second-order valence-electron chi connectivity index (χ2n) is 1.53. The molecule has 5 heteroatoms. The SMILES string of the molecule is O=C(O)c1cnc(Br)cn1. The van der Waals surface area contributed by atoms with Crippen LogP contribution in [0.2, 0.25) is 0 Å². The number of halogens is 1. The Morgan fingerprint density at radius 3 is 2.60 bits per heavy atom. The van der Waals surface area contributed by atoms with E-state index in [1.165, 1.54) is 12.4 Å². The van der Waals surface area contributed by atoms with Crippen LogP contribution in [0.25, 0.3) is 0 Å². The number of nitrogens with zero attached hydrogens (tertiary/aromatic N) is 2. The lowest BCUT2D eigenvalue weighted by atomic mass is 10.5. The number of hydrogen-bond donors (Lipinski definition) is 1. The molecule has 0 aliphatic heterocycles. The fourth-order valence-electron chi connectivity index (χ4n) is 0.423. The first kappa shape index (κ1) is 7.14. The van der Waals surface area contributed by atoms with Crippen LogP contribution in [0.5, 0.6) is 0 Å². The van der Waals surface area contributed by atoms with Crippen LogP contribution < -0.4 is 0 Å². The fourth-order valence-corrected chi connectivity index (χ4v) is 0.627. The number of carboxylic acid groups (broad SMARTS) is 1. The van der Waals surface area contributed by atoms with Crippen LogP contribution in [0.4, 0.5) is 0 Å². The molecule has 0 amide bonds. The molecule has 0 atom stereocenters. The monoisotopic (exact) mass is 202 g/mol. The molecular weight excluding hydrogens is 200 g/mol. The minimum Gasteiger partial charge on any atom is -0.476 e. The Bertz CT molecular complexity index is 246. The van der Waals surface area contributed by atoms with E-state index in [0.29, 0.717) is 4.60 Å². The van der Waals surface area contributed by atoms with Crippen LogP contribution in [-0.4, -0.2) is 21.0 Å². The first-order chi connectivity index (χ1) is 4.70. The van der Waals surface area contributed by atoms with Crippen molar-refractivity contribution in [3.63, 3.8) is 0 Å². The van der Waals surface area contributed by atoms with Gasteiger partial charge in [0.1, 0.15) is 4.60 Å². The Hall–Kier alpha value is -0.970. The molecule has 0 spiro atoms. The molecule has 1 aromatic rings. The molecule has 0 saturated heterocycles. The molecule has 1 N–H and O–H groups in total. The summed E-state index contributed by atoms with van der Waals surface area (Å²) in [5.41, 5.74) is -0.0526. The first-order valence-corrected chi connectivity index (χ1v) is 3.20. The van der Waals surface area contributed by atoms with Gasteiger partial charge in [-0.25, -0.2) is 14.8 Å². The normalized spacial score (nSPS) is 9.30. The maximum Gasteiger partial charge on any atom is 0.356 e. The van der Waals surface area contributed by atoms with E-state index in [-0.39, 0.29) is 5.69 Å². The molecule has 1 rings (SSSR count). The van der Waals surface area contributed by atoms with Crippen LogP contribution in [0.3, 0.4) is 0 Å². The zero-order chi connectivity index (χ0) is 7.56. The quantitative estimate of drug-likeness (QED) is 0.737. The summed E-state index contributed by atoms with van der Waals surface area (Å²) in [6.45, 7) is 0. The Morgan fingerprint density at radius 1 is 1.50 bits per heavy atom. The zero-order valence-corrected chi connectivity index (χ0v) is 6.37. The van der Waals surface area contributed by atoms with E-state index in [4.69, 9.17) is 5.11 Å². The third kappa shape index (κ3) is 1.51. The summed E-state index contributed by atoms with van der Waals surface area (Å²) in [5, 5.41) is 8.36. The standard InChI is InChI=1S/C5H3BrN2O2/c6-4-2-7-3(1-8-4)5(9)10/h1-2H,(H,9,10). The summed E-state index contributed by atoms with van der Waals surface area (Å²) < 4.78 is 0.525. The minimum atomic E-state index is -1.07. The summed E-state index contributed by atoms with van der Waals surface area (Å²) in [7, 11) is 0. The molecule has 0 saturated carbocycles. The molecule has 0 unspecified atom stereocenters. The van der Waals surface area contributed by atoms with Gasteiger partial charge in [-0.15, -0.1) is 0 Å². The molecular formula is C5H3BrN2O2. The van der Waals surface area contributed by atoms with Crippen LogP contribution in [0.15, 0.2) is 17.0 Å². The molecule has 10 heavy (non-hydrogen) atoms. The second-order valence-corrected chi connectivity index (χ2v) is 2.34. The van der Waals surface area contributed by atoms with Crippen LogP contribution in [-0.2, 0) is 0 Å². The highest BCUT2D eigenvalue weighted by atomic mass is 79.9. The van der Waals surface area contributed by atoms with Gasteiger partial charge < -0.3 is 5.11 Å². The van der Waals surface area contributed by atoms with E-state index in [9.17, 15) is 4.79 Å². The van der Waals surface area contributed by atoms with Gasteiger partial charge in [0.25, 0.3) is 0 Å². The van der Waals surface area contributed by atoms with Crippen molar-refractivity contribution < 1.29 is 9.90 Å². The van der Waals surface area contributed by atoms with E-state index in [1.54, 1.807) is 0 Å². The maximum absolute atomic E-state index is 10.2. The summed E-state index contributed by atoms with van der Waals surface area (Å²) in [6, 6.07) is 0. The summed E-state index contributed by atoms with van der Waals surface area (Å²) in [5.74, 6) is -1.07. The van der Waals surface area contributed by atoms with Crippen molar-refractivity contribution in [2.24, 2.45) is 0 Å². The van der Waals surface area contributed by atoms with Crippen LogP contribution in [0, 0.1) is 0 Å². The molecule has 0 radical (unpaired) electrons. The van der Waals surface area contributed by atoms with Gasteiger partial charge in [0.2, 0.25) is 0 Å². The summed E-state index contributed by atoms with van der Waals surface area (Å²) in [4.78, 5) is 17.4. The van der Waals surface area contributed by atoms with Crippen molar-refractivity contribution in [3.8, 4) is 0 Å². The number of carbonyl (C=O) groups is 1. The number of hydrogen-bond acceptors (Lipinski definition) is 3. The largest absolute Gasteiger partial charge is 0.476 e. The van der Waals surface area contributed by atoms with Crippen molar-refractivity contribution in [2.45, 2.75) is 0 Å². The van der Waals surface area contributed by atoms with E-state index >= 15 is 0 Å². The molecule has 0 fully saturated rings. The Morgan fingerprint density at radius 2 is 2.20 bits per heavy atom.